The number of hydrogen-bond donors (Lipinski definition) is 0. The van der Waals surface area contributed by atoms with Crippen LogP contribution in [0.5, 0.6) is 23.0 Å². The van der Waals surface area contributed by atoms with Crippen LogP contribution in [0.15, 0.2) is 79.6 Å². The van der Waals surface area contributed by atoms with Crippen molar-refractivity contribution in [3.63, 3.8) is 0 Å². The van der Waals surface area contributed by atoms with E-state index in [0.29, 0.717) is 57.0 Å². The number of ether oxygens (including phenoxy) is 8. The number of benzene rings is 3. The molecule has 0 spiro atoms. The van der Waals surface area contributed by atoms with Crippen LogP contribution in [0, 0.1) is 0 Å². The molecule has 0 N–H and O–H groups in total. The maximum atomic E-state index is 13.3. The van der Waals surface area contributed by atoms with E-state index in [-0.39, 0.29) is 59.9 Å². The van der Waals surface area contributed by atoms with E-state index in [1.807, 2.05) is 0 Å². The van der Waals surface area contributed by atoms with Gasteiger partial charge < -0.3 is 37.9 Å². The van der Waals surface area contributed by atoms with Crippen LogP contribution in [0.25, 0.3) is 0 Å². The fraction of sp³-hybridized carbons (Fsp3) is 0.457. The van der Waals surface area contributed by atoms with Crippen molar-refractivity contribution in [1.82, 2.24) is 0 Å². The van der Waals surface area contributed by atoms with Crippen molar-refractivity contribution < 1.29 is 61.9 Å². The minimum atomic E-state index is -0.719. The number of carbonyl (C=O) groups is 5. The molecule has 14 heteroatoms. The number of rotatable bonds is 31. The fourth-order valence-corrected chi connectivity index (χ4v) is 5.75. The van der Waals surface area contributed by atoms with Crippen LogP contribution >= 0.6 is 22.6 Å². The largest absolute Gasteiger partial charge is 0.498 e. The molecule has 0 saturated heterocycles. The van der Waals surface area contributed by atoms with Crippen molar-refractivity contribution in [1.29, 1.82) is 0 Å². The molecule has 0 saturated carbocycles. The molecule has 326 valence electrons. The average molecular weight is 945 g/mol. The fourth-order valence-electron chi connectivity index (χ4n) is 5.53. The van der Waals surface area contributed by atoms with Gasteiger partial charge in [-0.25, -0.2) is 14.4 Å². The van der Waals surface area contributed by atoms with Crippen molar-refractivity contribution in [2.45, 2.75) is 90.4 Å². The van der Waals surface area contributed by atoms with Crippen LogP contribution in [-0.4, -0.2) is 73.9 Å². The molecule has 0 aliphatic heterocycles. The average Bonchev–Trinajstić information content (AvgIpc) is 3.26. The molecule has 0 atom stereocenters. The van der Waals surface area contributed by atoms with Crippen LogP contribution in [0.1, 0.15) is 121 Å². The predicted octanol–water partition coefficient (Wildman–Crippen LogP) is 9.81. The van der Waals surface area contributed by atoms with E-state index < -0.39 is 17.9 Å². The van der Waals surface area contributed by atoms with Gasteiger partial charge in [0.1, 0.15) is 48.4 Å². The number of esters is 5. The van der Waals surface area contributed by atoms with Gasteiger partial charge in [-0.05, 0) is 112 Å². The number of alkyl halides is 1. The van der Waals surface area contributed by atoms with Gasteiger partial charge in [0.25, 0.3) is 0 Å². The zero-order valence-corrected chi connectivity index (χ0v) is 36.6. The second kappa shape index (κ2) is 30.0. The number of carbonyl (C=O) groups excluding carboxylic acids is 5. The van der Waals surface area contributed by atoms with Gasteiger partial charge in [-0.3, -0.25) is 9.59 Å². The third kappa shape index (κ3) is 20.2. The third-order valence-electron chi connectivity index (χ3n) is 8.76. The second-order valence-corrected chi connectivity index (χ2v) is 14.6. The standard InChI is InChI=1S/C46H57IO13/c1-3-5-6-7-12-30-58-46(52)40-34-39(59-44(50)35-17-21-37(22-18-35)54-29-14-9-11-16-43(49)57-33-32-53-4-2)25-26-41(40)60-45(51)36-19-23-38(24-20-36)55-28-13-8-10-15-42(48)56-31-27-47/h4,17-26,34H,2-3,5-16,27-33H2,1H3. The first-order valence-electron chi connectivity index (χ1n) is 20.5. The molecular weight excluding hydrogens is 887 g/mol. The lowest BCUT2D eigenvalue weighted by molar-refractivity contribution is -0.145. The van der Waals surface area contributed by atoms with Crippen LogP contribution in [-0.2, 0) is 28.5 Å². The Morgan fingerprint density at radius 3 is 1.62 bits per heavy atom. The Hall–Kier alpha value is -5.12. The van der Waals surface area contributed by atoms with Gasteiger partial charge in [0.15, 0.2) is 0 Å². The minimum absolute atomic E-state index is 0.0509. The summed E-state index contributed by atoms with van der Waals surface area (Å²) in [7, 11) is 0. The summed E-state index contributed by atoms with van der Waals surface area (Å²) in [5.74, 6) is -1.41. The minimum Gasteiger partial charge on any atom is -0.498 e. The summed E-state index contributed by atoms with van der Waals surface area (Å²) >= 11 is 2.16. The quantitative estimate of drug-likeness (QED) is 0.0114. The third-order valence-corrected chi connectivity index (χ3v) is 9.20. The molecule has 3 aromatic rings. The van der Waals surface area contributed by atoms with Crippen molar-refractivity contribution in [3.8, 4) is 23.0 Å². The first kappa shape index (κ1) is 49.2. The lowest BCUT2D eigenvalue weighted by atomic mass is 10.1. The molecule has 0 radical (unpaired) electrons. The Labute approximate surface area is 366 Å². The monoisotopic (exact) mass is 944 g/mol. The van der Waals surface area contributed by atoms with E-state index in [1.54, 1.807) is 48.5 Å². The second-order valence-electron chi connectivity index (χ2n) is 13.5. The lowest BCUT2D eigenvalue weighted by Crippen LogP contribution is -2.14. The van der Waals surface area contributed by atoms with Gasteiger partial charge >= 0.3 is 29.8 Å². The smallest absolute Gasteiger partial charge is 0.343 e. The first-order chi connectivity index (χ1) is 29.2. The normalized spacial score (nSPS) is 10.6. The van der Waals surface area contributed by atoms with Gasteiger partial charge in [-0.15, -0.1) is 0 Å². The van der Waals surface area contributed by atoms with Crippen LogP contribution < -0.4 is 18.9 Å². The van der Waals surface area contributed by atoms with Gasteiger partial charge in [0, 0.05) is 17.3 Å². The zero-order valence-electron chi connectivity index (χ0n) is 34.5. The number of unbranched alkanes of at least 4 members (excludes halogenated alkanes) is 8. The maximum absolute atomic E-state index is 13.3. The molecule has 0 bridgehead atoms. The molecule has 0 aliphatic rings. The molecule has 0 amide bonds. The Morgan fingerprint density at radius 1 is 0.533 bits per heavy atom. The summed E-state index contributed by atoms with van der Waals surface area (Å²) in [6.07, 6.45) is 11.3. The molecule has 0 unspecified atom stereocenters. The Morgan fingerprint density at radius 2 is 1.05 bits per heavy atom. The van der Waals surface area contributed by atoms with Crippen molar-refractivity contribution >= 4 is 52.4 Å². The summed E-state index contributed by atoms with van der Waals surface area (Å²) in [6, 6.07) is 17.0. The highest BCUT2D eigenvalue weighted by Gasteiger charge is 2.21. The van der Waals surface area contributed by atoms with Gasteiger partial charge in [-0.2, -0.15) is 0 Å². The Kier molecular flexibility index (Phi) is 24.6. The SMILES string of the molecule is C=COCCOC(=O)CCCCCOc1ccc(C(=O)Oc2ccc(OC(=O)c3ccc(OCCCCCC(=O)OCCI)cc3)c(C(=O)OCCCCCCC)c2)cc1. The Bertz CT molecular complexity index is 1760. The zero-order chi connectivity index (χ0) is 43.2. The predicted molar refractivity (Wildman–Crippen MR) is 233 cm³/mol. The van der Waals surface area contributed by atoms with Crippen LogP contribution in [0.3, 0.4) is 0 Å². The summed E-state index contributed by atoms with van der Waals surface area (Å²) < 4.78 is 44.2. The molecule has 0 aliphatic carbocycles. The highest BCUT2D eigenvalue weighted by Crippen LogP contribution is 2.28. The van der Waals surface area contributed by atoms with E-state index in [2.05, 4.69) is 36.1 Å². The van der Waals surface area contributed by atoms with Gasteiger partial charge in [0.2, 0.25) is 0 Å². The van der Waals surface area contributed by atoms with E-state index in [1.165, 1.54) is 24.5 Å². The Balaban J connectivity index is 1.54. The van der Waals surface area contributed by atoms with Crippen molar-refractivity contribution in [3.05, 3.63) is 96.3 Å². The summed E-state index contributed by atoms with van der Waals surface area (Å²) in [5.41, 5.74) is 0.413. The highest BCUT2D eigenvalue weighted by atomic mass is 127. The maximum Gasteiger partial charge on any atom is 0.343 e. The number of halogens is 1. The number of hydrogen-bond acceptors (Lipinski definition) is 13. The summed E-state index contributed by atoms with van der Waals surface area (Å²) in [6.45, 7) is 7.51. The first-order valence-corrected chi connectivity index (χ1v) is 22.1. The molecule has 0 fully saturated rings. The van der Waals surface area contributed by atoms with E-state index in [4.69, 9.17) is 37.9 Å². The molecule has 60 heavy (non-hydrogen) atoms. The van der Waals surface area contributed by atoms with Gasteiger partial charge in [0.05, 0.1) is 37.2 Å². The molecular formula is C46H57IO13. The van der Waals surface area contributed by atoms with Crippen LogP contribution in [0.2, 0.25) is 0 Å². The van der Waals surface area contributed by atoms with E-state index in [0.717, 1.165) is 62.2 Å². The van der Waals surface area contributed by atoms with Crippen LogP contribution in [0.4, 0.5) is 0 Å². The lowest BCUT2D eigenvalue weighted by Gasteiger charge is -2.13. The topological polar surface area (TPSA) is 159 Å². The summed E-state index contributed by atoms with van der Waals surface area (Å²) in [4.78, 5) is 63.0. The molecule has 0 aromatic heterocycles. The highest BCUT2D eigenvalue weighted by molar-refractivity contribution is 14.1. The van der Waals surface area contributed by atoms with Gasteiger partial charge in [-0.1, -0.05) is 61.8 Å². The van der Waals surface area contributed by atoms with E-state index in [9.17, 15) is 24.0 Å². The molecule has 0 heterocycles. The molecule has 3 rings (SSSR count). The molecule has 3 aromatic carbocycles. The summed E-state index contributed by atoms with van der Waals surface area (Å²) in [5, 5.41) is 0. The van der Waals surface area contributed by atoms with Crippen molar-refractivity contribution in [2.24, 2.45) is 0 Å². The van der Waals surface area contributed by atoms with Crippen molar-refractivity contribution in [2.75, 3.05) is 44.1 Å². The molecule has 13 nitrogen and oxygen atoms in total. The van der Waals surface area contributed by atoms with E-state index >= 15 is 0 Å².